The van der Waals surface area contributed by atoms with Gasteiger partial charge in [-0.05, 0) is 56.6 Å². The van der Waals surface area contributed by atoms with Gasteiger partial charge in [-0.2, -0.15) is 4.31 Å². The second kappa shape index (κ2) is 9.34. The van der Waals surface area contributed by atoms with E-state index in [0.717, 1.165) is 36.3 Å². The van der Waals surface area contributed by atoms with Gasteiger partial charge >= 0.3 is 0 Å². The van der Waals surface area contributed by atoms with Gasteiger partial charge in [0.1, 0.15) is 10.7 Å². The van der Waals surface area contributed by atoms with Crippen LogP contribution in [0.15, 0.2) is 40.6 Å². The molecular weight excluding hydrogens is 413 g/mol. The smallest absolute Gasteiger partial charge is 0.251 e. The van der Waals surface area contributed by atoms with E-state index >= 15 is 0 Å². The van der Waals surface area contributed by atoms with E-state index in [1.807, 2.05) is 36.5 Å². The quantitative estimate of drug-likeness (QED) is 0.720. The predicted molar refractivity (Wildman–Crippen MR) is 112 cm³/mol. The highest BCUT2D eigenvalue weighted by Gasteiger charge is 2.29. The lowest BCUT2D eigenvalue weighted by Crippen LogP contribution is -2.36. The fourth-order valence-corrected chi connectivity index (χ4v) is 5.93. The number of carbonyl (C=O) groups excluding carboxylic acids is 1. The molecule has 2 aromatic rings. The number of rotatable bonds is 7. The Bertz CT molecular complexity index is 940. The molecule has 1 atom stereocenters. The van der Waals surface area contributed by atoms with Crippen molar-refractivity contribution in [1.29, 1.82) is 0 Å². The van der Waals surface area contributed by atoms with E-state index in [2.05, 4.69) is 5.32 Å². The van der Waals surface area contributed by atoms with Gasteiger partial charge < -0.3 is 10.2 Å². The summed E-state index contributed by atoms with van der Waals surface area (Å²) in [5.74, 6) is -1.26. The van der Waals surface area contributed by atoms with E-state index in [1.54, 1.807) is 11.3 Å². The van der Waals surface area contributed by atoms with Gasteiger partial charge in [0.15, 0.2) is 0 Å². The summed E-state index contributed by atoms with van der Waals surface area (Å²) in [5, 5.41) is 4.82. The molecule has 1 saturated heterocycles. The van der Waals surface area contributed by atoms with E-state index in [1.165, 1.54) is 10.4 Å². The van der Waals surface area contributed by atoms with E-state index in [9.17, 15) is 17.6 Å². The summed E-state index contributed by atoms with van der Waals surface area (Å²) in [6.45, 7) is 1.12. The number of benzene rings is 1. The number of hydrogen-bond acceptors (Lipinski definition) is 5. The molecule has 1 amide bonds. The van der Waals surface area contributed by atoms with E-state index in [-0.39, 0.29) is 11.6 Å². The molecule has 1 N–H and O–H groups in total. The second-order valence-electron chi connectivity index (χ2n) is 7.31. The van der Waals surface area contributed by atoms with Crippen molar-refractivity contribution in [3.8, 4) is 0 Å². The molecule has 1 aromatic heterocycles. The summed E-state index contributed by atoms with van der Waals surface area (Å²) >= 11 is 1.60. The number of sulfonamides is 1. The summed E-state index contributed by atoms with van der Waals surface area (Å²) in [7, 11) is -0.101. The molecule has 9 heteroatoms. The predicted octanol–water partition coefficient (Wildman–Crippen LogP) is 3.09. The third-order valence-corrected chi connectivity index (χ3v) is 7.96. The number of carbonyl (C=O) groups is 1. The maximum atomic E-state index is 14.3. The van der Waals surface area contributed by atoms with Gasteiger partial charge in [-0.15, -0.1) is 11.3 Å². The third-order valence-electron chi connectivity index (χ3n) is 5.08. The number of nitrogens with zero attached hydrogens (tertiary/aromatic N) is 2. The van der Waals surface area contributed by atoms with Crippen LogP contribution in [-0.4, -0.2) is 57.3 Å². The monoisotopic (exact) mass is 439 g/mol. The first-order chi connectivity index (χ1) is 13.8. The lowest BCUT2D eigenvalue weighted by molar-refractivity contribution is 0.0942. The highest BCUT2D eigenvalue weighted by atomic mass is 32.2. The molecule has 0 radical (unpaired) electrons. The molecule has 0 aliphatic carbocycles. The Morgan fingerprint density at radius 3 is 2.59 bits per heavy atom. The Morgan fingerprint density at radius 1 is 1.24 bits per heavy atom. The van der Waals surface area contributed by atoms with Crippen molar-refractivity contribution in [1.82, 2.24) is 14.5 Å². The van der Waals surface area contributed by atoms with Gasteiger partial charge in [0, 0.05) is 30.1 Å². The average molecular weight is 440 g/mol. The molecular formula is C20H26FN3O3S2. The highest BCUT2D eigenvalue weighted by Crippen LogP contribution is 2.25. The molecule has 0 spiro atoms. The lowest BCUT2D eigenvalue weighted by Gasteiger charge is -2.26. The van der Waals surface area contributed by atoms with E-state index in [4.69, 9.17) is 0 Å². The van der Waals surface area contributed by atoms with E-state index in [0.29, 0.717) is 19.6 Å². The summed E-state index contributed by atoms with van der Waals surface area (Å²) in [6, 6.07) is 7.46. The molecule has 158 valence electrons. The van der Waals surface area contributed by atoms with Crippen molar-refractivity contribution < 1.29 is 17.6 Å². The normalized spacial score (nSPS) is 16.7. The first kappa shape index (κ1) is 21.9. The molecule has 1 aliphatic rings. The molecule has 1 fully saturated rings. The Labute approximate surface area is 175 Å². The number of likely N-dealkylation sites (N-methyl/N-ethyl adjacent to an activating group) is 1. The Hall–Kier alpha value is -1.81. The van der Waals surface area contributed by atoms with Crippen LogP contribution in [-0.2, 0) is 10.0 Å². The maximum Gasteiger partial charge on any atom is 0.251 e. The fraction of sp³-hybridized carbons (Fsp3) is 0.450. The number of amides is 1. The van der Waals surface area contributed by atoms with Crippen molar-refractivity contribution >= 4 is 27.3 Å². The average Bonchev–Trinajstić information content (AvgIpc) is 3.23. The van der Waals surface area contributed by atoms with Gasteiger partial charge in [0.05, 0.1) is 6.04 Å². The van der Waals surface area contributed by atoms with Crippen LogP contribution < -0.4 is 5.32 Å². The van der Waals surface area contributed by atoms with Gasteiger partial charge in [0.25, 0.3) is 5.91 Å². The Kier molecular flexibility index (Phi) is 7.05. The number of nitrogens with one attached hydrogen (secondary N) is 1. The lowest BCUT2D eigenvalue weighted by atomic mass is 10.2. The summed E-state index contributed by atoms with van der Waals surface area (Å²) < 4.78 is 41.3. The molecule has 6 nitrogen and oxygen atoms in total. The number of thiophene rings is 1. The van der Waals surface area contributed by atoms with Crippen LogP contribution in [0.25, 0.3) is 0 Å². The minimum absolute atomic E-state index is 0.00375. The van der Waals surface area contributed by atoms with Crippen molar-refractivity contribution in [2.24, 2.45) is 0 Å². The summed E-state index contributed by atoms with van der Waals surface area (Å²) in [5.41, 5.74) is 0.130. The zero-order valence-corrected chi connectivity index (χ0v) is 18.2. The van der Waals surface area contributed by atoms with Crippen molar-refractivity contribution in [3.05, 3.63) is 52.0 Å². The van der Waals surface area contributed by atoms with Gasteiger partial charge in [-0.3, -0.25) is 4.79 Å². The molecule has 2 heterocycles. The SMILES string of the molecule is CN(C)C(CNC(=O)c1ccc(F)c(S(=O)(=O)N2CCCCC2)c1)c1cccs1. The summed E-state index contributed by atoms with van der Waals surface area (Å²) in [4.78, 5) is 15.3. The molecule has 1 aromatic carbocycles. The molecule has 1 unspecified atom stereocenters. The first-order valence-electron chi connectivity index (χ1n) is 9.58. The Morgan fingerprint density at radius 2 is 1.97 bits per heavy atom. The third kappa shape index (κ3) is 5.03. The summed E-state index contributed by atoms with van der Waals surface area (Å²) in [6.07, 6.45) is 2.49. The standard InChI is InChI=1S/C20H26FN3O3S2/c1-23(2)17(18-7-6-12-28-18)14-22-20(25)15-8-9-16(21)19(13-15)29(26,27)24-10-4-3-5-11-24/h6-9,12-13,17H,3-5,10-11,14H2,1-2H3,(H,22,25). The van der Waals surface area contributed by atoms with Crippen LogP contribution in [0.1, 0.15) is 40.5 Å². The maximum absolute atomic E-state index is 14.3. The number of halogens is 1. The van der Waals surface area contributed by atoms with Crippen LogP contribution in [0.2, 0.25) is 0 Å². The minimum Gasteiger partial charge on any atom is -0.350 e. The number of hydrogen-bond donors (Lipinski definition) is 1. The molecule has 0 bridgehead atoms. The largest absolute Gasteiger partial charge is 0.350 e. The first-order valence-corrected chi connectivity index (χ1v) is 11.9. The van der Waals surface area contributed by atoms with Gasteiger partial charge in [-0.1, -0.05) is 12.5 Å². The van der Waals surface area contributed by atoms with Crippen LogP contribution in [0.5, 0.6) is 0 Å². The molecule has 1 aliphatic heterocycles. The van der Waals surface area contributed by atoms with Crippen LogP contribution in [0.4, 0.5) is 4.39 Å². The van der Waals surface area contributed by atoms with Crippen LogP contribution >= 0.6 is 11.3 Å². The molecule has 0 saturated carbocycles. The zero-order valence-electron chi connectivity index (χ0n) is 16.6. The number of piperidine rings is 1. The van der Waals surface area contributed by atoms with E-state index < -0.39 is 26.6 Å². The van der Waals surface area contributed by atoms with Crippen molar-refractivity contribution in [3.63, 3.8) is 0 Å². The molecule has 3 rings (SSSR count). The minimum atomic E-state index is -3.96. The van der Waals surface area contributed by atoms with Gasteiger partial charge in [0.2, 0.25) is 10.0 Å². The Balaban J connectivity index is 1.77. The van der Waals surface area contributed by atoms with Crippen LogP contribution in [0.3, 0.4) is 0 Å². The van der Waals surface area contributed by atoms with Crippen LogP contribution in [0, 0.1) is 5.82 Å². The van der Waals surface area contributed by atoms with Crippen molar-refractivity contribution in [2.45, 2.75) is 30.2 Å². The molecule has 29 heavy (non-hydrogen) atoms. The highest BCUT2D eigenvalue weighted by molar-refractivity contribution is 7.89. The van der Waals surface area contributed by atoms with Gasteiger partial charge in [-0.25, -0.2) is 12.8 Å². The zero-order chi connectivity index (χ0) is 21.0. The second-order valence-corrected chi connectivity index (χ2v) is 10.2. The topological polar surface area (TPSA) is 69.7 Å². The fourth-order valence-electron chi connectivity index (χ4n) is 3.40. The van der Waals surface area contributed by atoms with Crippen molar-refractivity contribution in [2.75, 3.05) is 33.7 Å².